The normalized spacial score (nSPS) is 18.3. The van der Waals surface area contributed by atoms with Gasteiger partial charge in [0.15, 0.2) is 0 Å². The SMILES string of the molecule is CC(Cc1ccccc1)C(N)=O.CC/C=C\C=C1/CNC(C)N=C1NC(C)C(C)C.NC=O. The van der Waals surface area contributed by atoms with Crippen LogP contribution in [0.5, 0.6) is 0 Å². The fraction of sp³-hybridized carbons (Fsp3) is 0.500. The van der Waals surface area contributed by atoms with Crippen molar-refractivity contribution >= 4 is 18.2 Å². The van der Waals surface area contributed by atoms with Crippen molar-refractivity contribution in [2.24, 2.45) is 28.3 Å². The van der Waals surface area contributed by atoms with Gasteiger partial charge in [0.05, 0.1) is 6.17 Å². The number of nitrogens with two attached hydrogens (primary N) is 2. The molecule has 2 amide bonds. The highest BCUT2D eigenvalue weighted by Gasteiger charge is 2.17. The zero-order valence-electron chi connectivity index (χ0n) is 21.0. The molecule has 1 aliphatic rings. The monoisotopic (exact) mass is 457 g/mol. The average Bonchev–Trinajstić information content (AvgIpc) is 2.77. The van der Waals surface area contributed by atoms with Crippen molar-refractivity contribution in [3.05, 3.63) is 59.7 Å². The van der Waals surface area contributed by atoms with E-state index in [4.69, 9.17) is 10.5 Å². The van der Waals surface area contributed by atoms with E-state index in [9.17, 15) is 4.79 Å². The van der Waals surface area contributed by atoms with Gasteiger partial charge in [-0.1, -0.05) is 76.3 Å². The standard InChI is InChI=1S/C15H27N3.C10H13NO.CH3NO/c1-6-7-8-9-14-10-16-13(5)18-15(14)17-12(4)11(2)3;1-8(10(11)12)7-9-5-3-2-4-6-9;2-1-3/h7-9,11-13,16H,6,10H2,1-5H3,(H,17,18);2-6,8H,7H2,1H3,(H2,11,12);1H,(H2,2,3)/b8-7-,14-9+;;. The van der Waals surface area contributed by atoms with Gasteiger partial charge in [-0.15, -0.1) is 0 Å². The molecule has 0 spiro atoms. The van der Waals surface area contributed by atoms with Crippen LogP contribution in [0.1, 0.15) is 53.5 Å². The van der Waals surface area contributed by atoms with E-state index in [0.29, 0.717) is 12.0 Å². The van der Waals surface area contributed by atoms with E-state index < -0.39 is 0 Å². The minimum atomic E-state index is -0.237. The number of amidine groups is 1. The second-order valence-electron chi connectivity index (χ2n) is 8.37. The molecule has 33 heavy (non-hydrogen) atoms. The number of aliphatic imine (C=N–C) groups is 1. The van der Waals surface area contributed by atoms with Crippen LogP contribution in [-0.2, 0) is 16.0 Å². The summed E-state index contributed by atoms with van der Waals surface area (Å²) in [6.45, 7) is 13.6. The number of nitrogens with one attached hydrogen (secondary N) is 2. The number of amides is 2. The molecule has 3 atom stereocenters. The molecule has 1 aliphatic heterocycles. The van der Waals surface area contributed by atoms with E-state index in [1.54, 1.807) is 0 Å². The maximum Gasteiger partial charge on any atom is 0.220 e. The zero-order valence-corrected chi connectivity index (χ0v) is 21.0. The van der Waals surface area contributed by atoms with Crippen LogP contribution >= 0.6 is 0 Å². The highest BCUT2D eigenvalue weighted by atomic mass is 16.1. The number of hydrogen-bond donors (Lipinski definition) is 4. The summed E-state index contributed by atoms with van der Waals surface area (Å²) in [5.41, 5.74) is 11.7. The van der Waals surface area contributed by atoms with Gasteiger partial charge in [0.25, 0.3) is 0 Å². The summed E-state index contributed by atoms with van der Waals surface area (Å²) >= 11 is 0. The van der Waals surface area contributed by atoms with Crippen molar-refractivity contribution in [1.82, 2.24) is 10.6 Å². The molecular weight excluding hydrogens is 414 g/mol. The van der Waals surface area contributed by atoms with Crippen LogP contribution in [0.4, 0.5) is 0 Å². The molecule has 0 saturated carbocycles. The van der Waals surface area contributed by atoms with Crippen molar-refractivity contribution in [2.45, 2.75) is 66.6 Å². The lowest BCUT2D eigenvalue weighted by atomic mass is 10.0. The number of rotatable bonds is 7. The van der Waals surface area contributed by atoms with Crippen LogP contribution in [0.2, 0.25) is 0 Å². The van der Waals surface area contributed by atoms with Gasteiger partial charge < -0.3 is 16.8 Å². The highest BCUT2D eigenvalue weighted by molar-refractivity contribution is 5.99. The van der Waals surface area contributed by atoms with Crippen LogP contribution in [0.25, 0.3) is 0 Å². The smallest absolute Gasteiger partial charge is 0.220 e. The lowest BCUT2D eigenvalue weighted by Crippen LogP contribution is -2.44. The van der Waals surface area contributed by atoms with Gasteiger partial charge in [-0.2, -0.15) is 0 Å². The van der Waals surface area contributed by atoms with Crippen LogP contribution in [-0.4, -0.2) is 36.9 Å². The molecule has 1 heterocycles. The number of benzene rings is 1. The lowest BCUT2D eigenvalue weighted by molar-refractivity contribution is -0.121. The van der Waals surface area contributed by atoms with E-state index >= 15 is 0 Å². The van der Waals surface area contributed by atoms with E-state index in [1.165, 1.54) is 5.57 Å². The molecule has 0 bridgehead atoms. The molecule has 7 nitrogen and oxygen atoms in total. The second-order valence-corrected chi connectivity index (χ2v) is 8.37. The minimum Gasteiger partial charge on any atom is -0.372 e. The van der Waals surface area contributed by atoms with Crippen LogP contribution in [0.15, 0.2) is 59.1 Å². The Balaban J connectivity index is 0.000000588. The van der Waals surface area contributed by atoms with Crippen LogP contribution in [0.3, 0.4) is 0 Å². The zero-order chi connectivity index (χ0) is 25.2. The summed E-state index contributed by atoms with van der Waals surface area (Å²) in [6, 6.07) is 10.3. The summed E-state index contributed by atoms with van der Waals surface area (Å²) in [4.78, 5) is 24.0. The largest absolute Gasteiger partial charge is 0.372 e. The molecule has 1 aromatic carbocycles. The number of carbonyl (C=O) groups is 2. The quantitative estimate of drug-likeness (QED) is 0.469. The second kappa shape index (κ2) is 17.6. The highest BCUT2D eigenvalue weighted by Crippen LogP contribution is 2.09. The minimum absolute atomic E-state index is 0.0765. The molecule has 184 valence electrons. The average molecular weight is 458 g/mol. The molecule has 0 radical (unpaired) electrons. The molecule has 0 aromatic heterocycles. The van der Waals surface area contributed by atoms with Gasteiger partial charge in [0, 0.05) is 24.1 Å². The Morgan fingerprint density at radius 3 is 2.36 bits per heavy atom. The fourth-order valence-electron chi connectivity index (χ4n) is 2.70. The summed E-state index contributed by atoms with van der Waals surface area (Å²) in [5, 5.41) is 6.90. The molecule has 0 aliphatic carbocycles. The van der Waals surface area contributed by atoms with Crippen molar-refractivity contribution in [3.8, 4) is 0 Å². The fourth-order valence-corrected chi connectivity index (χ4v) is 2.70. The van der Waals surface area contributed by atoms with Gasteiger partial charge in [0.1, 0.15) is 5.84 Å². The number of hydrogen-bond acceptors (Lipinski definition) is 5. The van der Waals surface area contributed by atoms with Crippen LogP contribution < -0.4 is 22.1 Å². The Morgan fingerprint density at radius 1 is 1.24 bits per heavy atom. The van der Waals surface area contributed by atoms with Crippen molar-refractivity contribution in [1.29, 1.82) is 0 Å². The Kier molecular flexibility index (Phi) is 16.0. The summed E-state index contributed by atoms with van der Waals surface area (Å²) in [5.74, 6) is 1.33. The molecule has 7 heteroatoms. The maximum absolute atomic E-state index is 10.7. The van der Waals surface area contributed by atoms with Gasteiger partial charge in [-0.3, -0.25) is 14.9 Å². The third-order valence-electron chi connectivity index (χ3n) is 5.12. The first kappa shape index (κ1) is 30.1. The Hall–Kier alpha value is -2.93. The number of carbonyl (C=O) groups excluding carboxylic acids is 2. The first-order valence-corrected chi connectivity index (χ1v) is 11.6. The molecular formula is C26H43N5O2. The van der Waals surface area contributed by atoms with E-state index in [1.807, 2.05) is 37.3 Å². The molecule has 6 N–H and O–H groups in total. The summed E-state index contributed by atoms with van der Waals surface area (Å²) < 4.78 is 0. The number of allylic oxidation sites excluding steroid dienone is 3. The Bertz CT molecular complexity index is 772. The molecule has 1 aromatic rings. The first-order valence-electron chi connectivity index (χ1n) is 11.6. The maximum atomic E-state index is 10.7. The molecule has 2 rings (SSSR count). The molecule has 3 unspecified atom stereocenters. The van der Waals surface area contributed by atoms with E-state index in [-0.39, 0.29) is 24.4 Å². The Morgan fingerprint density at radius 2 is 1.85 bits per heavy atom. The molecule has 0 saturated heterocycles. The lowest BCUT2D eigenvalue weighted by Gasteiger charge is -2.27. The molecule has 0 fully saturated rings. The van der Waals surface area contributed by atoms with Crippen LogP contribution in [0, 0.1) is 11.8 Å². The van der Waals surface area contributed by atoms with Gasteiger partial charge in [-0.25, -0.2) is 4.99 Å². The van der Waals surface area contributed by atoms with Gasteiger partial charge in [0.2, 0.25) is 12.3 Å². The van der Waals surface area contributed by atoms with Crippen molar-refractivity contribution in [3.63, 3.8) is 0 Å². The topological polar surface area (TPSA) is 123 Å². The van der Waals surface area contributed by atoms with Crippen molar-refractivity contribution in [2.75, 3.05) is 6.54 Å². The summed E-state index contributed by atoms with van der Waals surface area (Å²) in [6.07, 6.45) is 8.67. The summed E-state index contributed by atoms with van der Waals surface area (Å²) in [7, 11) is 0. The predicted molar refractivity (Wildman–Crippen MR) is 139 cm³/mol. The van der Waals surface area contributed by atoms with Gasteiger partial charge in [-0.05, 0) is 38.2 Å². The number of primary amides is 2. The third-order valence-corrected chi connectivity index (χ3v) is 5.12. The van der Waals surface area contributed by atoms with Crippen molar-refractivity contribution < 1.29 is 9.59 Å². The van der Waals surface area contributed by atoms with E-state index in [2.05, 4.69) is 74.2 Å². The van der Waals surface area contributed by atoms with Gasteiger partial charge >= 0.3 is 0 Å². The number of nitrogens with zero attached hydrogens (tertiary/aromatic N) is 1. The van der Waals surface area contributed by atoms with E-state index in [0.717, 1.165) is 30.8 Å². The third kappa shape index (κ3) is 14.0. The first-order chi connectivity index (χ1) is 15.7. The Labute approximate surface area is 199 Å². The predicted octanol–water partition coefficient (Wildman–Crippen LogP) is 3.31.